The molecule has 7 heteroatoms. The summed E-state index contributed by atoms with van der Waals surface area (Å²) in [6, 6.07) is 9.34. The van der Waals surface area contributed by atoms with Crippen LogP contribution in [0.3, 0.4) is 0 Å². The third-order valence-electron chi connectivity index (χ3n) is 5.75. The molecule has 0 atom stereocenters. The van der Waals surface area contributed by atoms with Gasteiger partial charge >= 0.3 is 0 Å². The molecule has 1 fully saturated rings. The van der Waals surface area contributed by atoms with Crippen molar-refractivity contribution in [2.24, 2.45) is 5.92 Å². The number of carbonyl (C=O) groups excluding carboxylic acids is 2. The van der Waals surface area contributed by atoms with Gasteiger partial charge in [0.1, 0.15) is 0 Å². The number of rotatable bonds is 9. The molecule has 1 aromatic carbocycles. The van der Waals surface area contributed by atoms with Crippen molar-refractivity contribution in [1.82, 2.24) is 9.80 Å². The van der Waals surface area contributed by atoms with Gasteiger partial charge in [-0.05, 0) is 62.8 Å². The van der Waals surface area contributed by atoms with Crippen LogP contribution in [0.15, 0.2) is 41.0 Å². The summed E-state index contributed by atoms with van der Waals surface area (Å²) < 4.78 is 5.36. The highest BCUT2D eigenvalue weighted by Gasteiger charge is 2.24. The average molecular weight is 427 g/mol. The zero-order valence-corrected chi connectivity index (χ0v) is 19.1. The van der Waals surface area contributed by atoms with Crippen LogP contribution >= 0.6 is 0 Å². The number of carbonyl (C=O) groups is 2. The quantitative estimate of drug-likeness (QED) is 0.662. The van der Waals surface area contributed by atoms with Gasteiger partial charge in [-0.1, -0.05) is 12.8 Å². The lowest BCUT2D eigenvalue weighted by Crippen LogP contribution is -2.36. The number of amides is 2. The van der Waals surface area contributed by atoms with E-state index in [0.717, 1.165) is 49.2 Å². The van der Waals surface area contributed by atoms with Crippen LogP contribution in [0.4, 0.5) is 11.4 Å². The molecule has 1 aliphatic rings. The second kappa shape index (κ2) is 10.5. The van der Waals surface area contributed by atoms with Gasteiger partial charge in [0.25, 0.3) is 5.91 Å². The molecule has 0 spiro atoms. The minimum Gasteiger partial charge on any atom is -0.459 e. The first kappa shape index (κ1) is 22.9. The summed E-state index contributed by atoms with van der Waals surface area (Å²) in [7, 11) is 7.93. The smallest absolute Gasteiger partial charge is 0.289 e. The third-order valence-corrected chi connectivity index (χ3v) is 5.75. The Labute approximate surface area is 185 Å². The van der Waals surface area contributed by atoms with E-state index in [1.165, 1.54) is 6.26 Å². The molecular formula is C24H34N4O3. The normalized spacial score (nSPS) is 14.1. The highest BCUT2D eigenvalue weighted by Crippen LogP contribution is 2.28. The highest BCUT2D eigenvalue weighted by molar-refractivity contribution is 5.93. The van der Waals surface area contributed by atoms with Crippen LogP contribution in [0.2, 0.25) is 0 Å². The Morgan fingerprint density at radius 3 is 2.42 bits per heavy atom. The Bertz CT molecular complexity index is 871. The zero-order valence-electron chi connectivity index (χ0n) is 19.1. The van der Waals surface area contributed by atoms with E-state index in [9.17, 15) is 9.59 Å². The van der Waals surface area contributed by atoms with E-state index in [-0.39, 0.29) is 17.7 Å². The van der Waals surface area contributed by atoms with Crippen LogP contribution in [-0.2, 0) is 11.3 Å². The molecule has 0 bridgehead atoms. The van der Waals surface area contributed by atoms with Gasteiger partial charge in [-0.2, -0.15) is 0 Å². The predicted molar refractivity (Wildman–Crippen MR) is 123 cm³/mol. The molecule has 3 rings (SSSR count). The lowest BCUT2D eigenvalue weighted by Gasteiger charge is -2.27. The topological polar surface area (TPSA) is 69.0 Å². The molecule has 2 amide bonds. The van der Waals surface area contributed by atoms with Crippen LogP contribution in [0, 0.1) is 5.92 Å². The number of furan rings is 1. The monoisotopic (exact) mass is 426 g/mol. The number of anilines is 2. The predicted octanol–water partition coefficient (Wildman–Crippen LogP) is 3.68. The van der Waals surface area contributed by atoms with Crippen LogP contribution in [-0.4, -0.2) is 62.9 Å². The average Bonchev–Trinajstić information content (AvgIpc) is 3.44. The van der Waals surface area contributed by atoms with E-state index < -0.39 is 0 Å². The minimum atomic E-state index is -0.142. The van der Waals surface area contributed by atoms with Crippen molar-refractivity contribution >= 4 is 23.2 Å². The zero-order chi connectivity index (χ0) is 22.4. The Morgan fingerprint density at radius 2 is 1.81 bits per heavy atom. The fourth-order valence-electron chi connectivity index (χ4n) is 3.99. The molecule has 168 valence electrons. The SMILES string of the molecule is CN(C)CCN(Cc1cc(NC(=O)C2CCCC2)ccc1N(C)C)C(=O)c1ccco1. The Hall–Kier alpha value is -2.80. The molecular weight excluding hydrogens is 392 g/mol. The van der Waals surface area contributed by atoms with Crippen LogP contribution in [0.25, 0.3) is 0 Å². The maximum Gasteiger partial charge on any atom is 0.289 e. The second-order valence-electron chi connectivity index (χ2n) is 8.72. The van der Waals surface area contributed by atoms with Gasteiger partial charge in [0.15, 0.2) is 5.76 Å². The van der Waals surface area contributed by atoms with Crippen molar-refractivity contribution in [2.75, 3.05) is 51.5 Å². The summed E-state index contributed by atoms with van der Waals surface area (Å²) in [5.74, 6) is 0.388. The van der Waals surface area contributed by atoms with Crippen molar-refractivity contribution in [3.63, 3.8) is 0 Å². The first-order valence-corrected chi connectivity index (χ1v) is 10.9. The van der Waals surface area contributed by atoms with Gasteiger partial charge in [-0.15, -0.1) is 0 Å². The van der Waals surface area contributed by atoms with Crippen molar-refractivity contribution < 1.29 is 14.0 Å². The largest absolute Gasteiger partial charge is 0.459 e. The lowest BCUT2D eigenvalue weighted by atomic mass is 10.1. The molecule has 31 heavy (non-hydrogen) atoms. The summed E-state index contributed by atoms with van der Waals surface area (Å²) in [6.07, 6.45) is 5.69. The summed E-state index contributed by atoms with van der Waals surface area (Å²) in [5.41, 5.74) is 2.77. The molecule has 1 aromatic heterocycles. The molecule has 0 aliphatic heterocycles. The molecule has 1 heterocycles. The number of hydrogen-bond donors (Lipinski definition) is 1. The lowest BCUT2D eigenvalue weighted by molar-refractivity contribution is -0.119. The van der Waals surface area contributed by atoms with Crippen molar-refractivity contribution in [2.45, 2.75) is 32.2 Å². The van der Waals surface area contributed by atoms with E-state index in [2.05, 4.69) is 5.32 Å². The van der Waals surface area contributed by atoms with E-state index in [1.54, 1.807) is 17.0 Å². The van der Waals surface area contributed by atoms with Crippen molar-refractivity contribution in [3.05, 3.63) is 47.9 Å². The van der Waals surface area contributed by atoms with E-state index in [1.807, 2.05) is 56.2 Å². The number of nitrogens with one attached hydrogen (secondary N) is 1. The fourth-order valence-corrected chi connectivity index (χ4v) is 3.99. The van der Waals surface area contributed by atoms with Crippen LogP contribution in [0.1, 0.15) is 41.8 Å². The standard InChI is InChI=1S/C24H34N4O3/c1-26(2)13-14-28(24(30)22-10-7-15-31-22)17-19-16-20(11-12-21(19)27(3)4)25-23(29)18-8-5-6-9-18/h7,10-12,15-16,18H,5-6,8-9,13-14,17H2,1-4H3,(H,25,29). The second-order valence-corrected chi connectivity index (χ2v) is 8.72. The molecule has 7 nitrogen and oxygen atoms in total. The molecule has 1 saturated carbocycles. The van der Waals surface area contributed by atoms with Gasteiger partial charge in [0, 0.05) is 51.0 Å². The van der Waals surface area contributed by atoms with Crippen LogP contribution < -0.4 is 10.2 Å². The molecule has 0 unspecified atom stereocenters. The van der Waals surface area contributed by atoms with E-state index in [0.29, 0.717) is 18.8 Å². The maximum atomic E-state index is 13.1. The highest BCUT2D eigenvalue weighted by atomic mass is 16.3. The minimum absolute atomic E-state index is 0.0946. The number of likely N-dealkylation sites (N-methyl/N-ethyl adjacent to an activating group) is 1. The molecule has 0 saturated heterocycles. The van der Waals surface area contributed by atoms with E-state index >= 15 is 0 Å². The maximum absolute atomic E-state index is 13.1. The summed E-state index contributed by atoms with van der Waals surface area (Å²) >= 11 is 0. The van der Waals surface area contributed by atoms with Crippen molar-refractivity contribution in [3.8, 4) is 0 Å². The molecule has 0 radical (unpaired) electrons. The Balaban J connectivity index is 1.83. The van der Waals surface area contributed by atoms with Gasteiger partial charge in [-0.25, -0.2) is 0 Å². The van der Waals surface area contributed by atoms with Gasteiger partial charge in [0.2, 0.25) is 5.91 Å². The molecule has 1 N–H and O–H groups in total. The summed E-state index contributed by atoms with van der Waals surface area (Å²) in [6.45, 7) is 1.73. The van der Waals surface area contributed by atoms with Gasteiger partial charge < -0.3 is 24.4 Å². The molecule has 2 aromatic rings. The first-order chi connectivity index (χ1) is 14.8. The Morgan fingerprint density at radius 1 is 1.06 bits per heavy atom. The summed E-state index contributed by atoms with van der Waals surface area (Å²) in [4.78, 5) is 31.5. The third kappa shape index (κ3) is 6.10. The Kier molecular flexibility index (Phi) is 7.74. The fraction of sp³-hybridized carbons (Fsp3) is 0.500. The first-order valence-electron chi connectivity index (χ1n) is 10.9. The number of nitrogens with zero attached hydrogens (tertiary/aromatic N) is 3. The van der Waals surface area contributed by atoms with Gasteiger partial charge in [0.05, 0.1) is 6.26 Å². The van der Waals surface area contributed by atoms with E-state index in [4.69, 9.17) is 4.42 Å². The number of benzene rings is 1. The molecule has 1 aliphatic carbocycles. The number of hydrogen-bond acceptors (Lipinski definition) is 5. The van der Waals surface area contributed by atoms with Crippen molar-refractivity contribution in [1.29, 1.82) is 0 Å². The summed E-state index contributed by atoms with van der Waals surface area (Å²) in [5, 5.41) is 3.08. The van der Waals surface area contributed by atoms with Crippen LogP contribution in [0.5, 0.6) is 0 Å². The van der Waals surface area contributed by atoms with Gasteiger partial charge in [-0.3, -0.25) is 9.59 Å².